The number of nitrogens with one attached hydrogen (secondary N) is 4. The minimum absolute atomic E-state index is 0.0706. The Balaban J connectivity index is 2.04. The van der Waals surface area contributed by atoms with Gasteiger partial charge in [0.25, 0.3) is 0 Å². The molecular weight excluding hydrogens is 132 g/mol. The maximum absolute atomic E-state index is 10.7. The molecule has 4 N–H and O–H groups in total. The first-order valence-corrected chi connectivity index (χ1v) is 3.40. The molecule has 2 aliphatic rings. The number of carbonyl (C=O) groups is 1. The average molecular weight is 142 g/mol. The van der Waals surface area contributed by atoms with Gasteiger partial charge < -0.3 is 10.6 Å². The average Bonchev–Trinajstić information content (AvgIpc) is 2.27. The Bertz CT molecular complexity index is 144. The number of urea groups is 1. The topological polar surface area (TPSA) is 65.2 Å². The van der Waals surface area contributed by atoms with Crippen LogP contribution in [0.5, 0.6) is 0 Å². The van der Waals surface area contributed by atoms with E-state index in [1.54, 1.807) is 0 Å². The van der Waals surface area contributed by atoms with Crippen molar-refractivity contribution in [3.63, 3.8) is 0 Å². The van der Waals surface area contributed by atoms with Crippen molar-refractivity contribution in [2.75, 3.05) is 13.1 Å². The summed E-state index contributed by atoms with van der Waals surface area (Å²) in [6, 6.07) is -0.100. The van der Waals surface area contributed by atoms with Crippen LogP contribution in [0.4, 0.5) is 4.79 Å². The van der Waals surface area contributed by atoms with Crippen LogP contribution in [0.25, 0.3) is 0 Å². The molecule has 0 unspecified atom stereocenters. The van der Waals surface area contributed by atoms with Gasteiger partial charge in [0.2, 0.25) is 0 Å². The van der Waals surface area contributed by atoms with Crippen LogP contribution < -0.4 is 21.3 Å². The zero-order valence-corrected chi connectivity index (χ0v) is 5.48. The van der Waals surface area contributed by atoms with Gasteiger partial charge in [0.1, 0.15) is 12.3 Å². The predicted molar refractivity (Wildman–Crippen MR) is 35.2 cm³/mol. The van der Waals surface area contributed by atoms with E-state index < -0.39 is 0 Å². The van der Waals surface area contributed by atoms with Crippen LogP contribution in [-0.2, 0) is 0 Å². The van der Waals surface area contributed by atoms with Crippen molar-refractivity contribution in [1.29, 1.82) is 0 Å². The third-order valence-electron chi connectivity index (χ3n) is 1.76. The van der Waals surface area contributed by atoms with E-state index in [-0.39, 0.29) is 18.4 Å². The molecule has 0 aromatic rings. The molecule has 0 bridgehead atoms. The van der Waals surface area contributed by atoms with Gasteiger partial charge in [-0.15, -0.1) is 0 Å². The summed E-state index contributed by atoms with van der Waals surface area (Å²) in [4.78, 5) is 10.7. The quantitative estimate of drug-likeness (QED) is 0.321. The lowest BCUT2D eigenvalue weighted by Gasteiger charge is -2.25. The molecule has 5 heteroatoms. The summed E-state index contributed by atoms with van der Waals surface area (Å²) in [5.41, 5.74) is 0. The fraction of sp³-hybridized carbons (Fsp3) is 0.800. The van der Waals surface area contributed by atoms with E-state index in [9.17, 15) is 4.79 Å². The summed E-state index contributed by atoms with van der Waals surface area (Å²) in [5.74, 6) is 0. The summed E-state index contributed by atoms with van der Waals surface area (Å²) in [7, 11) is 0. The summed E-state index contributed by atoms with van der Waals surface area (Å²) >= 11 is 0. The van der Waals surface area contributed by atoms with Crippen molar-refractivity contribution in [3.05, 3.63) is 0 Å². The third kappa shape index (κ3) is 0.833. The Morgan fingerprint density at radius 1 is 1.10 bits per heavy atom. The highest BCUT2D eigenvalue weighted by molar-refractivity contribution is 5.77. The maximum atomic E-state index is 10.7. The number of carbonyl (C=O) groups excluding carboxylic acids is 1. The highest BCUT2D eigenvalue weighted by atomic mass is 16.2. The summed E-state index contributed by atoms with van der Waals surface area (Å²) in [6.07, 6.45) is 0.141. The fourth-order valence-corrected chi connectivity index (χ4v) is 1.28. The van der Waals surface area contributed by atoms with E-state index in [1.165, 1.54) is 0 Å². The second kappa shape index (κ2) is 2.10. The summed E-state index contributed by atoms with van der Waals surface area (Å²) in [6.45, 7) is 1.81. The van der Waals surface area contributed by atoms with Gasteiger partial charge in [-0.05, 0) is 0 Å². The Hall–Kier alpha value is -0.810. The van der Waals surface area contributed by atoms with Gasteiger partial charge in [-0.1, -0.05) is 0 Å². The molecule has 2 saturated heterocycles. The normalized spacial score (nSPS) is 38.2. The molecule has 2 amide bonds. The SMILES string of the molecule is O=C1N[C@@H]2NCCN[C@H]2N1. The largest absolute Gasteiger partial charge is 0.319 e. The number of piperazine rings is 1. The molecule has 0 saturated carbocycles. The van der Waals surface area contributed by atoms with Crippen LogP contribution in [0.15, 0.2) is 0 Å². The highest BCUT2D eigenvalue weighted by Gasteiger charge is 2.32. The molecule has 2 atom stereocenters. The monoisotopic (exact) mass is 142 g/mol. The molecular formula is C5H10N4O. The first-order chi connectivity index (χ1) is 4.86. The zero-order valence-electron chi connectivity index (χ0n) is 5.48. The van der Waals surface area contributed by atoms with Crippen molar-refractivity contribution < 1.29 is 4.79 Å². The van der Waals surface area contributed by atoms with Crippen LogP contribution in [0, 0.1) is 0 Å². The van der Waals surface area contributed by atoms with Gasteiger partial charge in [-0.25, -0.2) is 4.79 Å². The van der Waals surface area contributed by atoms with E-state index in [0.29, 0.717) is 0 Å². The highest BCUT2D eigenvalue weighted by Crippen LogP contribution is 1.97. The lowest BCUT2D eigenvalue weighted by Crippen LogP contribution is -2.59. The number of hydrogen-bond acceptors (Lipinski definition) is 3. The molecule has 0 aromatic heterocycles. The maximum Gasteiger partial charge on any atom is 0.317 e. The number of hydrogen-bond donors (Lipinski definition) is 4. The lowest BCUT2D eigenvalue weighted by atomic mass is 10.3. The molecule has 2 aliphatic heterocycles. The van der Waals surface area contributed by atoms with Crippen LogP contribution in [-0.4, -0.2) is 31.5 Å². The van der Waals surface area contributed by atoms with E-state index in [4.69, 9.17) is 0 Å². The molecule has 0 aromatic carbocycles. The van der Waals surface area contributed by atoms with Crippen molar-refractivity contribution in [2.24, 2.45) is 0 Å². The first-order valence-electron chi connectivity index (χ1n) is 3.40. The molecule has 2 fully saturated rings. The smallest absolute Gasteiger partial charge is 0.317 e. The Kier molecular flexibility index (Phi) is 1.25. The molecule has 5 nitrogen and oxygen atoms in total. The van der Waals surface area contributed by atoms with Crippen LogP contribution in [0.1, 0.15) is 0 Å². The predicted octanol–water partition coefficient (Wildman–Crippen LogP) is -1.86. The van der Waals surface area contributed by atoms with Gasteiger partial charge in [0.15, 0.2) is 0 Å². The molecule has 0 radical (unpaired) electrons. The molecule has 0 aliphatic carbocycles. The minimum atomic E-state index is -0.100. The minimum Gasteiger partial charge on any atom is -0.319 e. The van der Waals surface area contributed by atoms with Crippen LogP contribution >= 0.6 is 0 Å². The van der Waals surface area contributed by atoms with E-state index in [2.05, 4.69) is 21.3 Å². The summed E-state index contributed by atoms with van der Waals surface area (Å²) in [5, 5.41) is 11.8. The third-order valence-corrected chi connectivity index (χ3v) is 1.76. The second-order valence-electron chi connectivity index (χ2n) is 2.48. The van der Waals surface area contributed by atoms with Crippen molar-refractivity contribution >= 4 is 6.03 Å². The van der Waals surface area contributed by atoms with Gasteiger partial charge in [0.05, 0.1) is 0 Å². The molecule has 2 rings (SSSR count). The second-order valence-corrected chi connectivity index (χ2v) is 2.48. The van der Waals surface area contributed by atoms with Crippen molar-refractivity contribution in [3.8, 4) is 0 Å². The molecule has 2 heterocycles. The number of fused-ring (bicyclic) bond motifs is 1. The van der Waals surface area contributed by atoms with E-state index in [0.717, 1.165) is 13.1 Å². The van der Waals surface area contributed by atoms with E-state index >= 15 is 0 Å². The van der Waals surface area contributed by atoms with Crippen molar-refractivity contribution in [2.45, 2.75) is 12.3 Å². The van der Waals surface area contributed by atoms with Gasteiger partial charge in [-0.3, -0.25) is 10.6 Å². The van der Waals surface area contributed by atoms with Gasteiger partial charge in [-0.2, -0.15) is 0 Å². The first kappa shape index (κ1) is 5.94. The lowest BCUT2D eigenvalue weighted by molar-refractivity contribution is 0.246. The molecule has 56 valence electrons. The van der Waals surface area contributed by atoms with Crippen molar-refractivity contribution in [1.82, 2.24) is 21.3 Å². The zero-order chi connectivity index (χ0) is 6.97. The molecule has 0 spiro atoms. The Morgan fingerprint density at radius 2 is 1.60 bits per heavy atom. The Labute approximate surface area is 58.5 Å². The number of amides is 2. The fourth-order valence-electron chi connectivity index (χ4n) is 1.28. The Morgan fingerprint density at radius 3 is 2.10 bits per heavy atom. The van der Waals surface area contributed by atoms with E-state index in [1.807, 2.05) is 0 Å². The van der Waals surface area contributed by atoms with Gasteiger partial charge >= 0.3 is 6.03 Å². The standard InChI is InChI=1S/C5H10N4O/c10-5-8-3-4(9-5)7-2-1-6-3/h3-4,6-7H,1-2H2,(H2,8,9,10)/t3-,4-/m0/s1. The van der Waals surface area contributed by atoms with Crippen LogP contribution in [0.2, 0.25) is 0 Å². The van der Waals surface area contributed by atoms with Gasteiger partial charge in [0, 0.05) is 13.1 Å². The molecule has 10 heavy (non-hydrogen) atoms. The summed E-state index contributed by atoms with van der Waals surface area (Å²) < 4.78 is 0. The van der Waals surface area contributed by atoms with Crippen LogP contribution in [0.3, 0.4) is 0 Å². The number of rotatable bonds is 0.